The van der Waals surface area contributed by atoms with Gasteiger partial charge in [0, 0.05) is 0 Å². The molecule has 0 fully saturated rings. The smallest absolute Gasteiger partial charge is 0.185 e. The van der Waals surface area contributed by atoms with Gasteiger partial charge in [-0.2, -0.15) is 5.11 Å². The van der Waals surface area contributed by atoms with Crippen LogP contribution in [0.15, 0.2) is 16.6 Å². The molecule has 0 amide bonds. The predicted octanol–water partition coefficient (Wildman–Crippen LogP) is 1.39. The molecule has 2 heterocycles. The summed E-state index contributed by atoms with van der Waals surface area (Å²) in [6, 6.07) is 0. The number of hydrogen-bond donors (Lipinski definition) is 1. The van der Waals surface area contributed by atoms with Gasteiger partial charge in [-0.25, -0.2) is 9.97 Å². The quantitative estimate of drug-likeness (QED) is 0.471. The Morgan fingerprint density at radius 2 is 2.27 bits per heavy atom. The maximum Gasteiger partial charge on any atom is 0.185 e. The lowest BCUT2D eigenvalue weighted by molar-refractivity contribution is 0.991. The summed E-state index contributed by atoms with van der Waals surface area (Å²) in [5.74, 6) is 0.817. The third-order valence-electron chi connectivity index (χ3n) is 1.39. The fourth-order valence-corrected chi connectivity index (χ4v) is 1.12. The van der Waals surface area contributed by atoms with Crippen LogP contribution < -0.4 is 5.73 Å². The van der Waals surface area contributed by atoms with E-state index >= 15 is 0 Å². The van der Waals surface area contributed by atoms with E-state index in [4.69, 9.17) is 17.3 Å². The van der Waals surface area contributed by atoms with Crippen molar-refractivity contribution in [3.8, 4) is 0 Å². The Kier molecular flexibility index (Phi) is 1.25. The number of azo groups is 1. The van der Waals surface area contributed by atoms with E-state index in [1.807, 2.05) is 0 Å². The van der Waals surface area contributed by atoms with Gasteiger partial charge in [-0.05, 0) is 0 Å². The topological polar surface area (TPSA) is 76.5 Å². The Labute approximate surface area is 67.3 Å². The lowest BCUT2D eigenvalue weighted by Gasteiger charge is -1.99. The fourth-order valence-electron chi connectivity index (χ4n) is 0.871. The summed E-state index contributed by atoms with van der Waals surface area (Å²) in [4.78, 5) is 7.60. The molecule has 56 valence electrons. The van der Waals surface area contributed by atoms with Gasteiger partial charge in [-0.1, -0.05) is 11.6 Å². The molecular weight excluding hydrogens is 166 g/mol. The summed E-state index contributed by atoms with van der Waals surface area (Å²) in [5, 5.41) is 7.38. The third-order valence-corrected chi connectivity index (χ3v) is 1.69. The van der Waals surface area contributed by atoms with Crippen LogP contribution in [0.25, 0.3) is 0 Å². The number of hydrogen-bond acceptors (Lipinski definition) is 5. The van der Waals surface area contributed by atoms with Gasteiger partial charge >= 0.3 is 0 Å². The minimum absolute atomic E-state index is 0.347. The monoisotopic (exact) mass is 169 g/mol. The molecule has 2 N–H and O–H groups in total. The van der Waals surface area contributed by atoms with Gasteiger partial charge in [-0.3, -0.25) is 0 Å². The molecule has 1 aliphatic rings. The zero-order valence-electron chi connectivity index (χ0n) is 5.40. The average molecular weight is 170 g/mol. The van der Waals surface area contributed by atoms with E-state index in [1.54, 1.807) is 0 Å². The first-order valence-corrected chi connectivity index (χ1v) is 3.38. The standard InChI is InChI=1S/C5H4ClN5/c6-3-2-4(7)8-1-9-5(2)11-10-3/h1,3H,(H2,7,8,9)/t3-/m0/s1. The zero-order chi connectivity index (χ0) is 7.84. The van der Waals surface area contributed by atoms with Crippen molar-refractivity contribution in [3.63, 3.8) is 0 Å². The molecular formula is C5H4ClN5. The number of nitrogens with zero attached hydrogens (tertiary/aromatic N) is 4. The summed E-state index contributed by atoms with van der Waals surface area (Å²) in [6.45, 7) is 0. The van der Waals surface area contributed by atoms with Gasteiger partial charge in [0.2, 0.25) is 0 Å². The third kappa shape index (κ3) is 0.848. The highest BCUT2D eigenvalue weighted by Crippen LogP contribution is 2.38. The van der Waals surface area contributed by atoms with Crippen molar-refractivity contribution in [1.82, 2.24) is 9.97 Å². The molecule has 0 bridgehead atoms. The molecule has 1 atom stereocenters. The number of anilines is 1. The van der Waals surface area contributed by atoms with E-state index in [0.29, 0.717) is 17.2 Å². The highest BCUT2D eigenvalue weighted by atomic mass is 35.5. The molecule has 0 spiro atoms. The Morgan fingerprint density at radius 1 is 1.45 bits per heavy atom. The Balaban J connectivity index is 2.65. The van der Waals surface area contributed by atoms with Gasteiger partial charge in [0.1, 0.15) is 12.1 Å². The summed E-state index contributed by atoms with van der Waals surface area (Å²) in [7, 11) is 0. The summed E-state index contributed by atoms with van der Waals surface area (Å²) < 4.78 is 0. The maximum atomic E-state index is 5.73. The molecule has 0 radical (unpaired) electrons. The lowest BCUT2D eigenvalue weighted by Crippen LogP contribution is -1.97. The first-order valence-electron chi connectivity index (χ1n) is 2.94. The fraction of sp³-hybridized carbons (Fsp3) is 0.200. The molecule has 2 rings (SSSR count). The van der Waals surface area contributed by atoms with Crippen LogP contribution >= 0.6 is 11.6 Å². The number of nitrogens with two attached hydrogens (primary N) is 1. The molecule has 0 aliphatic carbocycles. The van der Waals surface area contributed by atoms with E-state index in [-0.39, 0.29) is 0 Å². The van der Waals surface area contributed by atoms with Crippen LogP contribution in [0.3, 0.4) is 0 Å². The number of nitrogen functional groups attached to an aromatic ring is 1. The van der Waals surface area contributed by atoms with E-state index < -0.39 is 5.50 Å². The number of halogens is 1. The van der Waals surface area contributed by atoms with Gasteiger partial charge in [0.15, 0.2) is 11.3 Å². The van der Waals surface area contributed by atoms with Crippen molar-refractivity contribution >= 4 is 23.2 Å². The molecule has 1 aliphatic heterocycles. The van der Waals surface area contributed by atoms with Crippen molar-refractivity contribution in [1.29, 1.82) is 0 Å². The zero-order valence-corrected chi connectivity index (χ0v) is 6.15. The van der Waals surface area contributed by atoms with Crippen LogP contribution in [0.4, 0.5) is 11.6 Å². The molecule has 1 aromatic heterocycles. The Bertz CT molecular complexity index is 323. The largest absolute Gasteiger partial charge is 0.383 e. The second-order valence-corrected chi connectivity index (χ2v) is 2.46. The SMILES string of the molecule is Nc1ncnc2c1[C@@H](Cl)N=N2. The summed E-state index contributed by atoms with van der Waals surface area (Å²) in [5.41, 5.74) is 5.59. The van der Waals surface area contributed by atoms with Crippen molar-refractivity contribution in [2.45, 2.75) is 5.50 Å². The van der Waals surface area contributed by atoms with Crippen molar-refractivity contribution in [3.05, 3.63) is 11.9 Å². The van der Waals surface area contributed by atoms with Crippen LogP contribution in [0, 0.1) is 0 Å². The predicted molar refractivity (Wildman–Crippen MR) is 39.6 cm³/mol. The van der Waals surface area contributed by atoms with Crippen molar-refractivity contribution < 1.29 is 0 Å². The average Bonchev–Trinajstić information content (AvgIpc) is 2.34. The van der Waals surface area contributed by atoms with Crippen molar-refractivity contribution in [2.75, 3.05) is 5.73 Å². The normalized spacial score (nSPS) is 20.3. The number of rotatable bonds is 0. The minimum Gasteiger partial charge on any atom is -0.383 e. The van der Waals surface area contributed by atoms with Crippen molar-refractivity contribution in [2.24, 2.45) is 10.2 Å². The molecule has 11 heavy (non-hydrogen) atoms. The maximum absolute atomic E-state index is 5.73. The summed E-state index contributed by atoms with van der Waals surface area (Å²) >= 11 is 5.73. The van der Waals surface area contributed by atoms with E-state index in [9.17, 15) is 0 Å². The lowest BCUT2D eigenvalue weighted by atomic mass is 10.3. The van der Waals surface area contributed by atoms with E-state index in [0.717, 1.165) is 0 Å². The second kappa shape index (κ2) is 2.13. The molecule has 5 nitrogen and oxygen atoms in total. The number of aromatic nitrogens is 2. The Hall–Kier alpha value is -1.23. The van der Waals surface area contributed by atoms with Gasteiger partial charge in [-0.15, -0.1) is 5.11 Å². The van der Waals surface area contributed by atoms with E-state index in [1.165, 1.54) is 6.33 Å². The van der Waals surface area contributed by atoms with Crippen LogP contribution in [0.2, 0.25) is 0 Å². The first-order chi connectivity index (χ1) is 5.29. The molecule has 0 unspecified atom stereocenters. The van der Waals surface area contributed by atoms with Gasteiger partial charge in [0.25, 0.3) is 0 Å². The van der Waals surface area contributed by atoms with Crippen LogP contribution in [-0.4, -0.2) is 9.97 Å². The molecule has 0 saturated carbocycles. The minimum atomic E-state index is -0.522. The highest BCUT2D eigenvalue weighted by molar-refractivity contribution is 6.21. The van der Waals surface area contributed by atoms with Gasteiger partial charge in [0.05, 0.1) is 5.56 Å². The Morgan fingerprint density at radius 3 is 3.00 bits per heavy atom. The molecule has 6 heteroatoms. The highest BCUT2D eigenvalue weighted by Gasteiger charge is 2.22. The molecule has 0 saturated heterocycles. The first kappa shape index (κ1) is 6.48. The van der Waals surface area contributed by atoms with Crippen LogP contribution in [0.1, 0.15) is 11.1 Å². The molecule has 0 aromatic carbocycles. The number of fused-ring (bicyclic) bond motifs is 1. The van der Waals surface area contributed by atoms with Gasteiger partial charge < -0.3 is 5.73 Å². The summed E-state index contributed by atoms with van der Waals surface area (Å²) in [6.07, 6.45) is 1.34. The molecule has 1 aromatic rings. The second-order valence-electron chi connectivity index (χ2n) is 2.05. The van der Waals surface area contributed by atoms with Crippen LogP contribution in [0.5, 0.6) is 0 Å². The number of alkyl halides is 1. The van der Waals surface area contributed by atoms with Crippen LogP contribution in [-0.2, 0) is 0 Å². The van der Waals surface area contributed by atoms with E-state index in [2.05, 4.69) is 20.2 Å².